The Balaban J connectivity index is 1.51. The molecule has 3 aliphatic rings. The van der Waals surface area contributed by atoms with Gasteiger partial charge in [0.15, 0.2) is 24.6 Å². The van der Waals surface area contributed by atoms with Crippen LogP contribution in [0.4, 0.5) is 0 Å². The van der Waals surface area contributed by atoms with Gasteiger partial charge in [-0.05, 0) is 23.3 Å². The second-order valence-corrected chi connectivity index (χ2v) is 17.2. The highest BCUT2D eigenvalue weighted by atomic mass is 35.6. The Hall–Kier alpha value is -5.18. The minimum Gasteiger partial charge on any atom is -0.463 e. The van der Waals surface area contributed by atoms with E-state index in [1.165, 1.54) is 12.1 Å². The number of amides is 2. The van der Waals surface area contributed by atoms with Crippen molar-refractivity contribution in [2.75, 3.05) is 13.2 Å². The lowest BCUT2D eigenvalue weighted by molar-refractivity contribution is -0.352. The lowest BCUT2D eigenvalue weighted by atomic mass is 9.93. The Morgan fingerprint density at radius 3 is 1.63 bits per heavy atom. The fourth-order valence-corrected chi connectivity index (χ4v) is 7.63. The number of alkyl halides is 3. The van der Waals surface area contributed by atoms with Gasteiger partial charge in [0.25, 0.3) is 15.6 Å². The number of carbonyl (C=O) groups excluding carboxylic acids is 6. The van der Waals surface area contributed by atoms with Crippen molar-refractivity contribution >= 4 is 76.4 Å². The maximum Gasteiger partial charge on any atom is 0.303 e. The Morgan fingerprint density at radius 2 is 1.09 bits per heavy atom. The van der Waals surface area contributed by atoms with Gasteiger partial charge in [-0.15, -0.1) is 0 Å². The van der Waals surface area contributed by atoms with Crippen molar-refractivity contribution in [2.24, 2.45) is 0 Å². The van der Waals surface area contributed by atoms with Gasteiger partial charge in [-0.2, -0.15) is 0 Å². The monoisotopic (exact) mass is 962 g/mol. The maximum absolute atomic E-state index is 14.4. The molecule has 1 N–H and O–H groups in total. The van der Waals surface area contributed by atoms with E-state index in [4.69, 9.17) is 87.6 Å². The number of halogens is 3. The van der Waals surface area contributed by atoms with E-state index in [1.807, 2.05) is 18.2 Å². The zero-order chi connectivity index (χ0) is 47.0. The fourth-order valence-electron chi connectivity index (χ4n) is 7.50. The van der Waals surface area contributed by atoms with Gasteiger partial charge in [0, 0.05) is 27.7 Å². The highest BCUT2D eigenvalue weighted by Gasteiger charge is 2.60. The van der Waals surface area contributed by atoms with Crippen LogP contribution >= 0.6 is 34.8 Å². The number of benzene rings is 3. The highest BCUT2D eigenvalue weighted by Crippen LogP contribution is 2.40. The minimum atomic E-state index is -2.46. The second kappa shape index (κ2) is 21.9. The molecule has 0 bridgehead atoms. The van der Waals surface area contributed by atoms with E-state index in [2.05, 4.69) is 0 Å². The summed E-state index contributed by atoms with van der Waals surface area (Å²) < 4.78 is 58.1. The van der Waals surface area contributed by atoms with Crippen molar-refractivity contribution in [2.45, 2.75) is 106 Å². The van der Waals surface area contributed by atoms with Gasteiger partial charge in [-0.1, -0.05) is 108 Å². The molecule has 21 heteroatoms. The summed E-state index contributed by atoms with van der Waals surface area (Å²) in [6.45, 7) is 3.21. The highest BCUT2D eigenvalue weighted by molar-refractivity contribution is 6.76. The Labute approximate surface area is 387 Å². The lowest BCUT2D eigenvalue weighted by Crippen LogP contribution is -2.69. The third-order valence-corrected chi connectivity index (χ3v) is 10.7. The molecule has 0 radical (unpaired) electrons. The van der Waals surface area contributed by atoms with E-state index in [1.54, 1.807) is 54.6 Å². The Bertz CT molecular complexity index is 2180. The summed E-state index contributed by atoms with van der Waals surface area (Å²) in [5, 5.41) is 8.60. The quantitative estimate of drug-likeness (QED) is 0.0498. The summed E-state index contributed by atoms with van der Waals surface area (Å²) in [4.78, 5) is 79.7. The Kier molecular flexibility index (Phi) is 16.6. The number of nitrogens with one attached hydrogen (secondary N) is 1. The first-order chi connectivity index (χ1) is 30.9. The first kappa shape index (κ1) is 49.3. The van der Waals surface area contributed by atoms with Gasteiger partial charge >= 0.3 is 23.9 Å². The van der Waals surface area contributed by atoms with Crippen molar-refractivity contribution in [3.8, 4) is 0 Å². The molecule has 3 aromatic rings. The third-order valence-electron chi connectivity index (χ3n) is 10.1. The molecule has 6 rings (SSSR count). The zero-order valence-corrected chi connectivity index (χ0v) is 37.6. The van der Waals surface area contributed by atoms with Gasteiger partial charge in [0.2, 0.25) is 12.2 Å². The molecule has 2 amide bonds. The molecule has 0 aliphatic carbocycles. The second-order valence-electron chi connectivity index (χ2n) is 14.9. The molecule has 0 unspecified atom stereocenters. The molecule has 10 atom stereocenters. The predicted octanol–water partition coefficient (Wildman–Crippen LogP) is 5.01. The van der Waals surface area contributed by atoms with Gasteiger partial charge in [0.1, 0.15) is 37.1 Å². The average molecular weight is 964 g/mol. The van der Waals surface area contributed by atoms with Crippen LogP contribution in [0.15, 0.2) is 84.9 Å². The van der Waals surface area contributed by atoms with Gasteiger partial charge in [-0.25, -0.2) is 0 Å². The number of nitrogens with zero attached hydrogens (tertiary/aromatic N) is 1. The van der Waals surface area contributed by atoms with Crippen LogP contribution in [0.3, 0.4) is 0 Å². The van der Waals surface area contributed by atoms with Crippen molar-refractivity contribution in [1.29, 1.82) is 5.41 Å². The standard InChI is InChI=1S/C44H45Cl3N2O16/c1-23(50)57-22-32-35(59-24(2)51)37(60-25(3)52)38(61-26(4)53)42(63-32)64-34-31(21-56-19-27-13-7-5-8-14-27)62-41(65-43(48)44(45,46)47)33(36(34)58-20-28-15-9-6-10-16-28)49-39(54)29-17-11-12-18-30(29)40(49)55/h5-18,31-38,41-42,48H,19-22H2,1-4H3/t31-,32-,33-,34-,35+,36-,37+,38-,41+,42+/m1/s1. The van der Waals surface area contributed by atoms with E-state index in [0.717, 1.165) is 38.2 Å². The summed E-state index contributed by atoms with van der Waals surface area (Å²) in [7, 11) is 0. The first-order valence-corrected chi connectivity index (χ1v) is 21.2. The topological polar surface area (TPSA) is 222 Å². The van der Waals surface area contributed by atoms with Gasteiger partial charge < -0.3 is 47.4 Å². The van der Waals surface area contributed by atoms with Crippen molar-refractivity contribution in [1.82, 2.24) is 4.90 Å². The normalized spacial score (nSPS) is 26.4. The van der Waals surface area contributed by atoms with Crippen LogP contribution in [0.1, 0.15) is 59.5 Å². The molecule has 18 nitrogen and oxygen atoms in total. The molecule has 65 heavy (non-hydrogen) atoms. The van der Waals surface area contributed by atoms with Crippen LogP contribution in [0, 0.1) is 5.41 Å². The molecule has 2 fully saturated rings. The minimum absolute atomic E-state index is 0.0271. The smallest absolute Gasteiger partial charge is 0.303 e. The van der Waals surface area contributed by atoms with Crippen LogP contribution in [-0.2, 0) is 79.8 Å². The number of esters is 4. The molecule has 0 aromatic heterocycles. The molecule has 0 spiro atoms. The fraction of sp³-hybridized carbons (Fsp3) is 0.432. The van der Waals surface area contributed by atoms with E-state index in [0.29, 0.717) is 5.56 Å². The molecule has 3 aliphatic heterocycles. The third kappa shape index (κ3) is 12.4. The molecular formula is C44H45Cl3N2O16. The number of ether oxygens (including phenoxy) is 10. The largest absolute Gasteiger partial charge is 0.463 e. The molecular weight excluding hydrogens is 919 g/mol. The van der Waals surface area contributed by atoms with Crippen LogP contribution in [0.5, 0.6) is 0 Å². The number of hydrogen-bond donors (Lipinski definition) is 1. The molecule has 348 valence electrons. The predicted molar refractivity (Wildman–Crippen MR) is 226 cm³/mol. The number of rotatable bonds is 16. The number of imide groups is 1. The van der Waals surface area contributed by atoms with Gasteiger partial charge in [-0.3, -0.25) is 39.1 Å². The summed E-state index contributed by atoms with van der Waals surface area (Å²) in [5.41, 5.74) is 1.43. The molecule has 0 saturated carbocycles. The molecule has 3 heterocycles. The van der Waals surface area contributed by atoms with E-state index < -0.39 is 113 Å². The zero-order valence-electron chi connectivity index (χ0n) is 35.3. The Morgan fingerprint density at radius 1 is 0.600 bits per heavy atom. The van der Waals surface area contributed by atoms with E-state index >= 15 is 0 Å². The first-order valence-electron chi connectivity index (χ1n) is 20.1. The summed E-state index contributed by atoms with van der Waals surface area (Å²) in [6.07, 6.45) is -14.4. The summed E-state index contributed by atoms with van der Waals surface area (Å²) in [6, 6.07) is 22.2. The van der Waals surface area contributed by atoms with Crippen molar-refractivity contribution in [3.05, 3.63) is 107 Å². The van der Waals surface area contributed by atoms with Crippen molar-refractivity contribution < 1.29 is 76.1 Å². The molecule has 2 saturated heterocycles. The van der Waals surface area contributed by atoms with Crippen LogP contribution < -0.4 is 0 Å². The number of hydrogen-bond acceptors (Lipinski definition) is 17. The SMILES string of the molecule is CC(=O)OC[C@H]1O[C@@H](O[C@H]2[C@H](OCc3ccccc3)[C@@H](N3C(=O)c4ccccc4C3=O)[C@H](OC(=N)C(Cl)(Cl)Cl)O[C@@H]2COCc2ccccc2)[C@H](OC(C)=O)[C@@H](OC(C)=O)[C@H]1OC(C)=O. The van der Waals surface area contributed by atoms with Crippen molar-refractivity contribution in [3.63, 3.8) is 0 Å². The summed E-state index contributed by atoms with van der Waals surface area (Å²) in [5.74, 6) is -5.95. The average Bonchev–Trinajstić information content (AvgIpc) is 3.50. The maximum atomic E-state index is 14.4. The number of fused-ring (bicyclic) bond motifs is 1. The lowest BCUT2D eigenvalue weighted by Gasteiger charge is -2.50. The van der Waals surface area contributed by atoms with Crippen LogP contribution in [-0.4, -0.2) is 125 Å². The van der Waals surface area contributed by atoms with Crippen LogP contribution in [0.2, 0.25) is 0 Å². The summed E-state index contributed by atoms with van der Waals surface area (Å²) >= 11 is 18.3. The number of carbonyl (C=O) groups is 6. The van der Waals surface area contributed by atoms with Gasteiger partial charge in [0.05, 0.1) is 30.9 Å². The van der Waals surface area contributed by atoms with E-state index in [-0.39, 0.29) is 30.9 Å². The molecule has 3 aromatic carbocycles. The van der Waals surface area contributed by atoms with E-state index in [9.17, 15) is 28.8 Å². The van der Waals surface area contributed by atoms with Crippen LogP contribution in [0.25, 0.3) is 0 Å².